The van der Waals surface area contributed by atoms with Gasteiger partial charge in [0.2, 0.25) is 10.0 Å². The first-order valence-electron chi connectivity index (χ1n) is 7.38. The molecule has 20 heavy (non-hydrogen) atoms. The Hall–Kier alpha value is -0.910. The van der Waals surface area contributed by atoms with E-state index >= 15 is 0 Å². The standard InChI is InChI=1S/C15H24N2O2S/c1-2-16-10-6-7-11-20(18,19)17-15-12-14(15)13-8-4-3-5-9-13/h3-5,8-9,14-17H,2,6-7,10-12H2,1H3. The fraction of sp³-hybridized carbons (Fsp3) is 0.600. The van der Waals surface area contributed by atoms with E-state index in [0.717, 1.165) is 25.9 Å². The maximum absolute atomic E-state index is 12.0. The van der Waals surface area contributed by atoms with E-state index in [2.05, 4.69) is 29.1 Å². The molecule has 1 aromatic carbocycles. The molecule has 5 heteroatoms. The summed E-state index contributed by atoms with van der Waals surface area (Å²) in [6.07, 6.45) is 2.53. The van der Waals surface area contributed by atoms with Crippen LogP contribution in [-0.4, -0.2) is 33.3 Å². The van der Waals surface area contributed by atoms with Gasteiger partial charge in [-0.15, -0.1) is 0 Å². The van der Waals surface area contributed by atoms with Gasteiger partial charge in [0.15, 0.2) is 0 Å². The van der Waals surface area contributed by atoms with E-state index in [-0.39, 0.29) is 11.8 Å². The van der Waals surface area contributed by atoms with E-state index in [1.807, 2.05) is 18.2 Å². The Bertz CT molecular complexity index is 502. The molecule has 2 rings (SSSR count). The Morgan fingerprint density at radius 1 is 1.20 bits per heavy atom. The lowest BCUT2D eigenvalue weighted by atomic mass is 10.1. The fourth-order valence-electron chi connectivity index (χ4n) is 2.40. The molecule has 0 aromatic heterocycles. The van der Waals surface area contributed by atoms with Crippen molar-refractivity contribution in [3.05, 3.63) is 35.9 Å². The third-order valence-corrected chi connectivity index (χ3v) is 5.10. The first-order chi connectivity index (χ1) is 9.62. The molecule has 0 spiro atoms. The second-order valence-electron chi connectivity index (χ2n) is 5.36. The van der Waals surface area contributed by atoms with E-state index in [9.17, 15) is 8.42 Å². The lowest BCUT2D eigenvalue weighted by Crippen LogP contribution is -2.29. The summed E-state index contributed by atoms with van der Waals surface area (Å²) in [4.78, 5) is 0. The maximum atomic E-state index is 12.0. The van der Waals surface area contributed by atoms with Crippen molar-refractivity contribution >= 4 is 10.0 Å². The van der Waals surface area contributed by atoms with Gasteiger partial charge < -0.3 is 5.32 Å². The van der Waals surface area contributed by atoms with Crippen LogP contribution in [0.25, 0.3) is 0 Å². The zero-order chi connectivity index (χ0) is 14.4. The van der Waals surface area contributed by atoms with E-state index in [1.165, 1.54) is 5.56 Å². The highest BCUT2D eigenvalue weighted by atomic mass is 32.2. The van der Waals surface area contributed by atoms with Gasteiger partial charge in [-0.1, -0.05) is 37.3 Å². The highest BCUT2D eigenvalue weighted by molar-refractivity contribution is 7.89. The Morgan fingerprint density at radius 2 is 1.95 bits per heavy atom. The second kappa shape index (κ2) is 7.20. The van der Waals surface area contributed by atoms with E-state index in [1.54, 1.807) is 0 Å². The van der Waals surface area contributed by atoms with Gasteiger partial charge in [-0.05, 0) is 37.9 Å². The summed E-state index contributed by atoms with van der Waals surface area (Å²) in [6, 6.07) is 10.2. The first-order valence-corrected chi connectivity index (χ1v) is 9.03. The van der Waals surface area contributed by atoms with Crippen molar-refractivity contribution in [1.82, 2.24) is 10.0 Å². The van der Waals surface area contributed by atoms with Crippen LogP contribution < -0.4 is 10.0 Å². The van der Waals surface area contributed by atoms with E-state index in [4.69, 9.17) is 0 Å². The van der Waals surface area contributed by atoms with E-state index < -0.39 is 10.0 Å². The zero-order valence-corrected chi connectivity index (χ0v) is 12.8. The average molecular weight is 296 g/mol. The molecule has 1 fully saturated rings. The first kappa shape index (κ1) is 15.5. The maximum Gasteiger partial charge on any atom is 0.211 e. The van der Waals surface area contributed by atoms with Crippen LogP contribution in [0.15, 0.2) is 30.3 Å². The molecule has 1 aromatic rings. The van der Waals surface area contributed by atoms with Crippen LogP contribution in [0.3, 0.4) is 0 Å². The van der Waals surface area contributed by atoms with Crippen molar-refractivity contribution in [2.45, 2.75) is 38.1 Å². The minimum absolute atomic E-state index is 0.0937. The number of rotatable bonds is 9. The molecule has 2 atom stereocenters. The van der Waals surface area contributed by atoms with Crippen molar-refractivity contribution < 1.29 is 8.42 Å². The van der Waals surface area contributed by atoms with Gasteiger partial charge in [0.05, 0.1) is 5.75 Å². The smallest absolute Gasteiger partial charge is 0.211 e. The summed E-state index contributed by atoms with van der Waals surface area (Å²) in [5.74, 6) is 0.587. The Balaban J connectivity index is 1.71. The molecule has 0 amide bonds. The molecule has 1 aliphatic carbocycles. The molecule has 0 bridgehead atoms. The van der Waals surface area contributed by atoms with Crippen LogP contribution in [-0.2, 0) is 10.0 Å². The predicted octanol–water partition coefficient (Wildman–Crippen LogP) is 1.85. The molecule has 0 heterocycles. The molecular formula is C15H24N2O2S. The molecule has 1 saturated carbocycles. The van der Waals surface area contributed by atoms with Crippen LogP contribution >= 0.6 is 0 Å². The number of sulfonamides is 1. The second-order valence-corrected chi connectivity index (χ2v) is 7.23. The monoisotopic (exact) mass is 296 g/mol. The normalized spacial score (nSPS) is 21.9. The molecule has 0 saturated heterocycles. The number of hydrogen-bond acceptors (Lipinski definition) is 3. The van der Waals surface area contributed by atoms with Gasteiger partial charge in [0, 0.05) is 12.0 Å². The van der Waals surface area contributed by atoms with Gasteiger partial charge in [-0.2, -0.15) is 0 Å². The van der Waals surface area contributed by atoms with Gasteiger partial charge >= 0.3 is 0 Å². The minimum atomic E-state index is -3.12. The summed E-state index contributed by atoms with van der Waals surface area (Å²) in [5, 5.41) is 3.20. The zero-order valence-electron chi connectivity index (χ0n) is 12.0. The number of nitrogens with one attached hydrogen (secondary N) is 2. The average Bonchev–Trinajstić information content (AvgIpc) is 3.18. The molecule has 2 unspecified atom stereocenters. The summed E-state index contributed by atoms with van der Waals surface area (Å²) in [7, 11) is -3.12. The quantitative estimate of drug-likeness (QED) is 0.684. The molecule has 0 radical (unpaired) electrons. The predicted molar refractivity (Wildman–Crippen MR) is 82.3 cm³/mol. The molecule has 0 aliphatic heterocycles. The Morgan fingerprint density at radius 3 is 2.65 bits per heavy atom. The van der Waals surface area contributed by atoms with Gasteiger partial charge in [-0.3, -0.25) is 0 Å². The third kappa shape index (κ3) is 4.89. The van der Waals surface area contributed by atoms with Crippen molar-refractivity contribution in [2.75, 3.05) is 18.8 Å². The van der Waals surface area contributed by atoms with Crippen LogP contribution in [0.2, 0.25) is 0 Å². The topological polar surface area (TPSA) is 58.2 Å². The van der Waals surface area contributed by atoms with Crippen LogP contribution in [0.4, 0.5) is 0 Å². The van der Waals surface area contributed by atoms with Crippen molar-refractivity contribution in [3.8, 4) is 0 Å². The summed E-state index contributed by atoms with van der Waals surface area (Å²) in [6.45, 7) is 3.88. The fourth-order valence-corrected chi connectivity index (χ4v) is 3.83. The van der Waals surface area contributed by atoms with Crippen molar-refractivity contribution in [1.29, 1.82) is 0 Å². The minimum Gasteiger partial charge on any atom is -0.317 e. The molecule has 4 nitrogen and oxygen atoms in total. The van der Waals surface area contributed by atoms with Crippen molar-refractivity contribution in [2.24, 2.45) is 0 Å². The summed E-state index contributed by atoms with van der Waals surface area (Å²) in [5.41, 5.74) is 1.23. The van der Waals surface area contributed by atoms with Crippen LogP contribution in [0, 0.1) is 0 Å². The lowest BCUT2D eigenvalue weighted by Gasteiger charge is -2.07. The lowest BCUT2D eigenvalue weighted by molar-refractivity contribution is 0.573. The van der Waals surface area contributed by atoms with Crippen LogP contribution in [0.5, 0.6) is 0 Å². The third-order valence-electron chi connectivity index (χ3n) is 3.62. The molecule has 112 valence electrons. The van der Waals surface area contributed by atoms with E-state index in [0.29, 0.717) is 12.3 Å². The van der Waals surface area contributed by atoms with Gasteiger partial charge in [0.1, 0.15) is 0 Å². The Labute approximate surface area is 122 Å². The molecular weight excluding hydrogens is 272 g/mol. The summed E-state index contributed by atoms with van der Waals surface area (Å²) >= 11 is 0. The van der Waals surface area contributed by atoms with Crippen LogP contribution in [0.1, 0.15) is 37.7 Å². The number of hydrogen-bond donors (Lipinski definition) is 2. The van der Waals surface area contributed by atoms with Gasteiger partial charge in [0.25, 0.3) is 0 Å². The Kier molecular flexibility index (Phi) is 5.57. The summed E-state index contributed by atoms with van der Waals surface area (Å²) < 4.78 is 26.7. The molecule has 2 N–H and O–H groups in total. The SMILES string of the molecule is CCNCCCCS(=O)(=O)NC1CC1c1ccccc1. The van der Waals surface area contributed by atoms with Crippen molar-refractivity contribution in [3.63, 3.8) is 0 Å². The highest BCUT2D eigenvalue weighted by Gasteiger charge is 2.40. The molecule has 1 aliphatic rings. The highest BCUT2D eigenvalue weighted by Crippen LogP contribution is 2.40. The number of unbranched alkanes of at least 4 members (excludes halogenated alkanes) is 1. The largest absolute Gasteiger partial charge is 0.317 e. The van der Waals surface area contributed by atoms with Gasteiger partial charge in [-0.25, -0.2) is 13.1 Å². The number of benzene rings is 1.